The Morgan fingerprint density at radius 1 is 0.678 bits per heavy atom. The van der Waals surface area contributed by atoms with Crippen LogP contribution in [-0.2, 0) is 45.0 Å². The third-order valence-corrected chi connectivity index (χ3v) is 14.0. The number of para-hydroxylation sites is 2. The van der Waals surface area contributed by atoms with Gasteiger partial charge in [0.05, 0.1) is 33.5 Å². The molecule has 0 fully saturated rings. The van der Waals surface area contributed by atoms with Crippen molar-refractivity contribution in [1.82, 2.24) is 19.8 Å². The quantitative estimate of drug-likeness (QED) is 0.185. The molecule has 12 nitrogen and oxygen atoms in total. The number of nitrogens with one attached hydrogen (secondary N) is 1. The first-order valence-corrected chi connectivity index (χ1v) is 22.6. The van der Waals surface area contributed by atoms with Crippen LogP contribution in [0.5, 0.6) is 0 Å². The molecule has 59 heavy (non-hydrogen) atoms. The number of thiazole rings is 2. The van der Waals surface area contributed by atoms with Gasteiger partial charge < -0.3 is 29.5 Å². The van der Waals surface area contributed by atoms with Gasteiger partial charge in [-0.25, -0.2) is 19.6 Å². The van der Waals surface area contributed by atoms with E-state index in [0.29, 0.717) is 39.0 Å². The van der Waals surface area contributed by atoms with Crippen molar-refractivity contribution in [2.24, 2.45) is 0 Å². The molecule has 1 N–H and O–H groups in total. The molecule has 0 saturated carbocycles. The van der Waals surface area contributed by atoms with E-state index in [1.165, 1.54) is 23.8 Å². The molecular weight excluding hydrogens is 825 g/mol. The van der Waals surface area contributed by atoms with Gasteiger partial charge in [0.1, 0.15) is 31.2 Å². The minimum absolute atomic E-state index is 0.0278. The molecule has 2 aromatic carbocycles. The molecule has 310 valence electrons. The van der Waals surface area contributed by atoms with Gasteiger partial charge in [-0.2, -0.15) is 0 Å². The Kier molecular flexibility index (Phi) is 11.9. The summed E-state index contributed by atoms with van der Waals surface area (Å²) in [6.07, 6.45) is 0.807. The molecule has 6 heterocycles. The maximum absolute atomic E-state index is 12.6. The molecule has 0 bridgehead atoms. The monoisotopic (exact) mass is 872 g/mol. The van der Waals surface area contributed by atoms with E-state index in [1.54, 1.807) is 62.7 Å². The molecule has 2 aliphatic rings. The van der Waals surface area contributed by atoms with E-state index in [4.69, 9.17) is 19.4 Å². The highest BCUT2D eigenvalue weighted by molar-refractivity contribution is 7.23. The van der Waals surface area contributed by atoms with E-state index < -0.39 is 11.2 Å². The normalized spacial score (nSPS) is 14.0. The van der Waals surface area contributed by atoms with E-state index in [2.05, 4.69) is 17.4 Å². The number of benzene rings is 2. The van der Waals surface area contributed by atoms with Crippen molar-refractivity contribution in [3.8, 4) is 21.1 Å². The van der Waals surface area contributed by atoms with E-state index in [1.807, 2.05) is 77.9 Å². The van der Waals surface area contributed by atoms with Crippen LogP contribution < -0.4 is 10.2 Å². The lowest BCUT2D eigenvalue weighted by atomic mass is 10.0. The van der Waals surface area contributed by atoms with Gasteiger partial charge in [0.15, 0.2) is 0 Å². The van der Waals surface area contributed by atoms with Crippen molar-refractivity contribution >= 4 is 99.8 Å². The minimum atomic E-state index is -0.529. The Bertz CT molecular complexity index is 2510. The Hall–Kier alpha value is -4.90. The van der Waals surface area contributed by atoms with Crippen LogP contribution in [0.1, 0.15) is 76.3 Å². The Labute approximate surface area is 359 Å². The van der Waals surface area contributed by atoms with E-state index >= 15 is 0 Å². The van der Waals surface area contributed by atoms with Crippen LogP contribution in [0.3, 0.4) is 0 Å². The SMILES string of the molecule is CC(=O)N(C)c1sc2c(c1-c1nc3ccccc3s1)CCN(C(=O)OC(C)(C)C)C2.CC(=O)Nc1sc2c(c1-c1nc3ccccc3s1)CCN(C(=O)OC(C)(C)C)C2. The van der Waals surface area contributed by atoms with Crippen LogP contribution in [0.2, 0.25) is 0 Å². The van der Waals surface area contributed by atoms with E-state index in [-0.39, 0.29) is 24.0 Å². The fourth-order valence-corrected chi connectivity index (χ4v) is 11.7. The van der Waals surface area contributed by atoms with Gasteiger partial charge in [0.25, 0.3) is 0 Å². The number of amides is 4. The number of anilines is 2. The van der Waals surface area contributed by atoms with E-state index in [0.717, 1.165) is 66.9 Å². The first-order chi connectivity index (χ1) is 27.8. The Balaban J connectivity index is 0.000000179. The highest BCUT2D eigenvalue weighted by atomic mass is 32.1. The third-order valence-electron chi connectivity index (χ3n) is 9.48. The third kappa shape index (κ3) is 9.45. The maximum atomic E-state index is 12.6. The number of thiophene rings is 2. The highest BCUT2D eigenvalue weighted by Crippen LogP contribution is 2.48. The Morgan fingerprint density at radius 3 is 1.59 bits per heavy atom. The van der Waals surface area contributed by atoms with Crippen LogP contribution in [0.4, 0.5) is 19.6 Å². The van der Waals surface area contributed by atoms with Gasteiger partial charge in [-0.05, 0) is 89.8 Å². The summed E-state index contributed by atoms with van der Waals surface area (Å²) in [6, 6.07) is 16.1. The molecule has 4 aromatic heterocycles. The van der Waals surface area contributed by atoms with Gasteiger partial charge >= 0.3 is 12.2 Å². The zero-order chi connectivity index (χ0) is 42.4. The van der Waals surface area contributed by atoms with Gasteiger partial charge in [0, 0.05) is 54.9 Å². The fourth-order valence-electron chi connectivity index (χ4n) is 6.79. The lowest BCUT2D eigenvalue weighted by Crippen LogP contribution is -2.39. The van der Waals surface area contributed by atoms with Crippen LogP contribution in [0, 0.1) is 0 Å². The fraction of sp³-hybridized carbons (Fsp3) is 0.395. The molecular formula is C43H48N6O6S4. The van der Waals surface area contributed by atoms with Crippen molar-refractivity contribution in [3.63, 3.8) is 0 Å². The predicted molar refractivity (Wildman–Crippen MR) is 240 cm³/mol. The van der Waals surface area contributed by atoms with Gasteiger partial charge in [0.2, 0.25) is 11.8 Å². The summed E-state index contributed by atoms with van der Waals surface area (Å²) in [5.41, 5.74) is 5.22. The lowest BCUT2D eigenvalue weighted by molar-refractivity contribution is -0.116. The zero-order valence-electron chi connectivity index (χ0n) is 34.7. The van der Waals surface area contributed by atoms with Crippen LogP contribution in [-0.4, -0.2) is 75.1 Å². The first kappa shape index (κ1) is 42.2. The molecule has 2 aliphatic heterocycles. The largest absolute Gasteiger partial charge is 0.444 e. The topological polar surface area (TPSA) is 134 Å². The Morgan fingerprint density at radius 2 is 1.14 bits per heavy atom. The molecule has 4 amide bonds. The number of carbonyl (C=O) groups excluding carboxylic acids is 4. The van der Waals surface area contributed by atoms with Crippen LogP contribution in [0.15, 0.2) is 48.5 Å². The smallest absolute Gasteiger partial charge is 0.410 e. The molecule has 0 spiro atoms. The number of aromatic nitrogens is 2. The summed E-state index contributed by atoms with van der Waals surface area (Å²) >= 11 is 6.35. The summed E-state index contributed by atoms with van der Waals surface area (Å²) in [6.45, 7) is 16.4. The van der Waals surface area contributed by atoms with Crippen molar-refractivity contribution in [3.05, 3.63) is 69.4 Å². The number of hydrogen-bond acceptors (Lipinski definition) is 12. The number of nitrogens with zero attached hydrogens (tertiary/aromatic N) is 5. The highest BCUT2D eigenvalue weighted by Gasteiger charge is 2.34. The predicted octanol–water partition coefficient (Wildman–Crippen LogP) is 10.6. The standard InChI is InChI=1S/C22H25N3O3S2.C21H23N3O3S2/c1-13(26)24(5)20-18(19-23-15-8-6-7-9-16(15)29-19)14-10-11-25(12-17(14)30-20)21(27)28-22(2,3)4;1-12(25)22-18-17(19-23-14-7-5-6-8-15(14)28-19)13-9-10-24(11-16(13)29-18)20(26)27-21(2,3)4/h6-9H,10-12H2,1-5H3;5-8H,9-11H2,1-4H3,(H,22,25). The molecule has 16 heteroatoms. The van der Waals surface area contributed by atoms with Gasteiger partial charge in [-0.15, -0.1) is 45.3 Å². The maximum Gasteiger partial charge on any atom is 0.410 e. The number of hydrogen-bond donors (Lipinski definition) is 1. The zero-order valence-corrected chi connectivity index (χ0v) is 37.9. The average Bonchev–Trinajstić information content (AvgIpc) is 3.94. The molecule has 0 radical (unpaired) electrons. The van der Waals surface area contributed by atoms with Crippen molar-refractivity contribution in [1.29, 1.82) is 0 Å². The number of carbonyl (C=O) groups is 4. The molecule has 8 rings (SSSR count). The molecule has 0 saturated heterocycles. The molecule has 0 aliphatic carbocycles. The number of fused-ring (bicyclic) bond motifs is 4. The summed E-state index contributed by atoms with van der Waals surface area (Å²) in [7, 11) is 1.79. The van der Waals surface area contributed by atoms with Crippen LogP contribution >= 0.6 is 45.3 Å². The van der Waals surface area contributed by atoms with E-state index in [9.17, 15) is 19.2 Å². The lowest BCUT2D eigenvalue weighted by Gasteiger charge is -2.30. The van der Waals surface area contributed by atoms with Crippen molar-refractivity contribution in [2.75, 3.05) is 30.4 Å². The summed E-state index contributed by atoms with van der Waals surface area (Å²) < 4.78 is 13.3. The summed E-state index contributed by atoms with van der Waals surface area (Å²) in [5.74, 6) is -0.144. The van der Waals surface area contributed by atoms with Gasteiger partial charge in [-0.1, -0.05) is 24.3 Å². The molecule has 6 aromatic rings. The minimum Gasteiger partial charge on any atom is -0.444 e. The average molecular weight is 873 g/mol. The second-order valence-electron chi connectivity index (χ2n) is 16.4. The second-order valence-corrected chi connectivity index (χ2v) is 20.7. The van der Waals surface area contributed by atoms with Crippen LogP contribution in [0.25, 0.3) is 41.6 Å². The molecule has 0 atom stereocenters. The number of rotatable bonds is 4. The summed E-state index contributed by atoms with van der Waals surface area (Å²) in [5, 5.41) is 6.47. The first-order valence-electron chi connectivity index (χ1n) is 19.3. The second kappa shape index (κ2) is 16.6. The van der Waals surface area contributed by atoms with Crippen molar-refractivity contribution < 1.29 is 28.7 Å². The van der Waals surface area contributed by atoms with Crippen molar-refractivity contribution in [2.45, 2.75) is 92.5 Å². The van der Waals surface area contributed by atoms with Gasteiger partial charge in [-0.3, -0.25) is 9.59 Å². The summed E-state index contributed by atoms with van der Waals surface area (Å²) in [4.78, 5) is 66.0. The number of ether oxygens (including phenoxy) is 2. The molecule has 0 unspecified atom stereocenters.